The van der Waals surface area contributed by atoms with Crippen molar-refractivity contribution in [3.8, 4) is 0 Å². The summed E-state index contributed by atoms with van der Waals surface area (Å²) < 4.78 is 5.55. The van der Waals surface area contributed by atoms with Crippen LogP contribution in [0.15, 0.2) is 4.99 Å². The molecule has 1 N–H and O–H groups in total. The molecular formula is C15H29N3O. The molecule has 19 heavy (non-hydrogen) atoms. The van der Waals surface area contributed by atoms with Gasteiger partial charge in [0, 0.05) is 33.3 Å². The predicted molar refractivity (Wildman–Crippen MR) is 79.5 cm³/mol. The van der Waals surface area contributed by atoms with Crippen molar-refractivity contribution in [3.05, 3.63) is 0 Å². The maximum absolute atomic E-state index is 5.55. The Morgan fingerprint density at radius 3 is 2.68 bits per heavy atom. The van der Waals surface area contributed by atoms with Crippen molar-refractivity contribution >= 4 is 5.96 Å². The third-order valence-corrected chi connectivity index (χ3v) is 4.42. The van der Waals surface area contributed by atoms with Crippen LogP contribution >= 0.6 is 0 Å². The minimum absolute atomic E-state index is 0.330. The largest absolute Gasteiger partial charge is 0.379 e. The van der Waals surface area contributed by atoms with Crippen LogP contribution in [0, 0.1) is 5.41 Å². The van der Waals surface area contributed by atoms with Crippen molar-refractivity contribution in [1.82, 2.24) is 10.2 Å². The van der Waals surface area contributed by atoms with Crippen molar-refractivity contribution in [2.45, 2.75) is 52.1 Å². The minimum Gasteiger partial charge on any atom is -0.379 e. The summed E-state index contributed by atoms with van der Waals surface area (Å²) in [6.07, 6.45) is 6.98. The fraction of sp³-hybridized carbons (Fsp3) is 0.933. The second-order valence-corrected chi connectivity index (χ2v) is 6.27. The Morgan fingerprint density at radius 1 is 1.37 bits per heavy atom. The summed E-state index contributed by atoms with van der Waals surface area (Å²) in [6, 6.07) is 0. The molecule has 1 saturated carbocycles. The molecule has 0 aromatic heterocycles. The van der Waals surface area contributed by atoms with Gasteiger partial charge in [-0.25, -0.2) is 0 Å². The van der Waals surface area contributed by atoms with Crippen molar-refractivity contribution in [3.63, 3.8) is 0 Å². The Hall–Kier alpha value is -0.770. The third kappa shape index (κ3) is 3.85. The molecule has 0 radical (unpaired) electrons. The fourth-order valence-electron chi connectivity index (χ4n) is 3.12. The van der Waals surface area contributed by atoms with Crippen molar-refractivity contribution < 1.29 is 4.74 Å². The second-order valence-electron chi connectivity index (χ2n) is 6.27. The zero-order chi connectivity index (χ0) is 13.7. The molecular weight excluding hydrogens is 238 g/mol. The Morgan fingerprint density at radius 2 is 2.16 bits per heavy atom. The van der Waals surface area contributed by atoms with Gasteiger partial charge in [-0.05, 0) is 44.9 Å². The smallest absolute Gasteiger partial charge is 0.193 e. The summed E-state index contributed by atoms with van der Waals surface area (Å²) in [5.41, 5.74) is 0.637. The van der Waals surface area contributed by atoms with Gasteiger partial charge in [0.05, 0.1) is 6.10 Å². The van der Waals surface area contributed by atoms with E-state index in [0.717, 1.165) is 25.5 Å². The van der Waals surface area contributed by atoms with E-state index in [4.69, 9.17) is 4.74 Å². The standard InChI is InChI=1S/C15H29N3O/c1-13(2)19-11-5-9-17-14(16-3)18-10-8-15(12-18)6-4-7-15/h13H,4-12H2,1-3H3,(H,16,17). The van der Waals surface area contributed by atoms with E-state index in [2.05, 4.69) is 29.1 Å². The Balaban J connectivity index is 1.66. The molecule has 0 amide bonds. The summed E-state index contributed by atoms with van der Waals surface area (Å²) >= 11 is 0. The molecule has 4 heteroatoms. The lowest BCUT2D eigenvalue weighted by Crippen LogP contribution is -2.43. The number of ether oxygens (including phenoxy) is 1. The molecule has 1 heterocycles. The lowest BCUT2D eigenvalue weighted by molar-refractivity contribution is 0.0775. The van der Waals surface area contributed by atoms with Gasteiger partial charge in [-0.15, -0.1) is 0 Å². The van der Waals surface area contributed by atoms with Crippen LogP contribution in [-0.2, 0) is 4.74 Å². The van der Waals surface area contributed by atoms with Gasteiger partial charge in [-0.1, -0.05) is 6.42 Å². The highest BCUT2D eigenvalue weighted by Gasteiger charge is 2.43. The molecule has 0 aromatic rings. The monoisotopic (exact) mass is 267 g/mol. The number of aliphatic imine (C=N–C) groups is 1. The molecule has 2 fully saturated rings. The Labute approximate surface area is 117 Å². The van der Waals surface area contributed by atoms with Gasteiger partial charge >= 0.3 is 0 Å². The number of nitrogens with zero attached hydrogens (tertiary/aromatic N) is 2. The number of hydrogen-bond acceptors (Lipinski definition) is 2. The van der Waals surface area contributed by atoms with Crippen LogP contribution in [0.4, 0.5) is 0 Å². The van der Waals surface area contributed by atoms with Gasteiger partial charge < -0.3 is 15.0 Å². The average Bonchev–Trinajstić information content (AvgIpc) is 2.78. The van der Waals surface area contributed by atoms with E-state index in [-0.39, 0.29) is 0 Å². The van der Waals surface area contributed by atoms with Crippen molar-refractivity contribution in [2.75, 3.05) is 33.3 Å². The quantitative estimate of drug-likeness (QED) is 0.471. The SMILES string of the molecule is CN=C(NCCCOC(C)C)N1CCC2(CCC2)C1. The lowest BCUT2D eigenvalue weighted by Gasteiger charge is -2.38. The molecule has 0 unspecified atom stereocenters. The van der Waals surface area contributed by atoms with Gasteiger partial charge in [0.25, 0.3) is 0 Å². The molecule has 2 rings (SSSR count). The number of rotatable bonds is 5. The van der Waals surface area contributed by atoms with Gasteiger partial charge in [0.1, 0.15) is 0 Å². The first kappa shape index (κ1) is 14.6. The van der Waals surface area contributed by atoms with E-state index in [1.165, 1.54) is 38.8 Å². The van der Waals surface area contributed by atoms with Gasteiger partial charge in [-0.2, -0.15) is 0 Å². The summed E-state index contributed by atoms with van der Waals surface area (Å²) in [5.74, 6) is 1.08. The predicted octanol–water partition coefficient (Wildman–Crippen LogP) is 2.25. The number of nitrogens with one attached hydrogen (secondary N) is 1. The number of likely N-dealkylation sites (tertiary alicyclic amines) is 1. The maximum atomic E-state index is 5.55. The zero-order valence-electron chi connectivity index (χ0n) is 12.7. The third-order valence-electron chi connectivity index (χ3n) is 4.42. The molecule has 4 nitrogen and oxygen atoms in total. The summed E-state index contributed by atoms with van der Waals surface area (Å²) in [7, 11) is 1.89. The summed E-state index contributed by atoms with van der Waals surface area (Å²) in [6.45, 7) is 8.30. The average molecular weight is 267 g/mol. The van der Waals surface area contributed by atoms with Crippen LogP contribution in [0.5, 0.6) is 0 Å². The van der Waals surface area contributed by atoms with Crippen molar-refractivity contribution in [2.24, 2.45) is 10.4 Å². The minimum atomic E-state index is 0.330. The first-order chi connectivity index (χ1) is 9.15. The van der Waals surface area contributed by atoms with Gasteiger partial charge in [0.2, 0.25) is 0 Å². The Kier molecular flexibility index (Phi) is 5.08. The first-order valence-corrected chi connectivity index (χ1v) is 7.72. The number of guanidine groups is 1. The molecule has 0 bridgehead atoms. The normalized spacial score (nSPS) is 22.1. The van der Waals surface area contributed by atoms with E-state index in [1.54, 1.807) is 0 Å². The summed E-state index contributed by atoms with van der Waals surface area (Å²) in [5, 5.41) is 3.47. The van der Waals surface area contributed by atoms with Crippen LogP contribution < -0.4 is 5.32 Å². The van der Waals surface area contributed by atoms with Gasteiger partial charge in [-0.3, -0.25) is 4.99 Å². The molecule has 1 aliphatic heterocycles. The molecule has 0 aromatic carbocycles. The van der Waals surface area contributed by atoms with Crippen LogP contribution in [0.2, 0.25) is 0 Å². The van der Waals surface area contributed by atoms with E-state index in [9.17, 15) is 0 Å². The van der Waals surface area contributed by atoms with E-state index < -0.39 is 0 Å². The summed E-state index contributed by atoms with van der Waals surface area (Å²) in [4.78, 5) is 6.85. The lowest BCUT2D eigenvalue weighted by atomic mass is 9.68. The maximum Gasteiger partial charge on any atom is 0.193 e. The molecule has 2 aliphatic rings. The zero-order valence-corrected chi connectivity index (χ0v) is 12.7. The molecule has 1 aliphatic carbocycles. The van der Waals surface area contributed by atoms with E-state index in [1.807, 2.05) is 7.05 Å². The number of hydrogen-bond donors (Lipinski definition) is 1. The van der Waals surface area contributed by atoms with Crippen LogP contribution in [0.3, 0.4) is 0 Å². The fourth-order valence-corrected chi connectivity index (χ4v) is 3.12. The highest BCUT2D eigenvalue weighted by Crippen LogP contribution is 2.47. The second kappa shape index (κ2) is 6.60. The molecule has 1 spiro atoms. The molecule has 110 valence electrons. The molecule has 0 atom stereocenters. The van der Waals surface area contributed by atoms with Crippen LogP contribution in [0.25, 0.3) is 0 Å². The van der Waals surface area contributed by atoms with E-state index >= 15 is 0 Å². The van der Waals surface area contributed by atoms with E-state index in [0.29, 0.717) is 11.5 Å². The Bertz CT molecular complexity index is 311. The first-order valence-electron chi connectivity index (χ1n) is 7.72. The van der Waals surface area contributed by atoms with Crippen LogP contribution in [0.1, 0.15) is 46.0 Å². The van der Waals surface area contributed by atoms with Crippen LogP contribution in [-0.4, -0.2) is 50.3 Å². The van der Waals surface area contributed by atoms with Crippen molar-refractivity contribution in [1.29, 1.82) is 0 Å². The highest BCUT2D eigenvalue weighted by atomic mass is 16.5. The molecule has 1 saturated heterocycles. The highest BCUT2D eigenvalue weighted by molar-refractivity contribution is 5.80. The topological polar surface area (TPSA) is 36.9 Å². The van der Waals surface area contributed by atoms with Gasteiger partial charge in [0.15, 0.2) is 5.96 Å².